The summed E-state index contributed by atoms with van der Waals surface area (Å²) < 4.78 is 10.7. The predicted octanol–water partition coefficient (Wildman–Crippen LogP) is 5.35. The Morgan fingerprint density at radius 3 is 2.71 bits per heavy atom. The molecule has 1 amide bonds. The third-order valence-corrected chi connectivity index (χ3v) is 6.40. The van der Waals surface area contributed by atoms with Crippen LogP contribution < -0.4 is 4.74 Å². The van der Waals surface area contributed by atoms with Crippen LogP contribution in [0.5, 0.6) is 5.75 Å². The number of nitrogens with one attached hydrogen (secondary N) is 1. The van der Waals surface area contributed by atoms with Crippen LogP contribution in [0.1, 0.15) is 28.6 Å². The maximum Gasteiger partial charge on any atom is 0.296 e. The number of amides is 1. The van der Waals surface area contributed by atoms with Gasteiger partial charge in [0.1, 0.15) is 17.3 Å². The molecule has 1 unspecified atom stereocenters. The van der Waals surface area contributed by atoms with Crippen molar-refractivity contribution in [1.82, 2.24) is 9.88 Å². The molecule has 5 rings (SSSR count). The Morgan fingerprint density at radius 1 is 1.18 bits per heavy atom. The van der Waals surface area contributed by atoms with Crippen LogP contribution in [0.15, 0.2) is 70.9 Å². The molecule has 2 aromatic heterocycles. The van der Waals surface area contributed by atoms with Crippen molar-refractivity contribution < 1.29 is 23.8 Å². The molecule has 1 fully saturated rings. The SMILES string of the molecule is COc1cc(/C(O)=C2\C(=O)C(=O)N(Cc3ccco3)C2c2c(C)[nH]c3ccccc23)ccc1Cl. The molecule has 7 nitrogen and oxygen atoms in total. The van der Waals surface area contributed by atoms with Gasteiger partial charge in [-0.2, -0.15) is 0 Å². The van der Waals surface area contributed by atoms with E-state index in [0.29, 0.717) is 22.1 Å². The predicted molar refractivity (Wildman–Crippen MR) is 128 cm³/mol. The molecule has 0 aliphatic carbocycles. The van der Waals surface area contributed by atoms with Gasteiger partial charge in [0.25, 0.3) is 11.7 Å². The number of carbonyl (C=O) groups is 2. The summed E-state index contributed by atoms with van der Waals surface area (Å²) in [5.74, 6) is -0.918. The van der Waals surface area contributed by atoms with Gasteiger partial charge in [-0.05, 0) is 43.3 Å². The fraction of sp³-hybridized carbons (Fsp3) is 0.154. The molecule has 0 saturated carbocycles. The van der Waals surface area contributed by atoms with Crippen LogP contribution in [0.25, 0.3) is 16.7 Å². The zero-order chi connectivity index (χ0) is 24.0. The number of halogens is 1. The highest BCUT2D eigenvalue weighted by Gasteiger charge is 2.47. The van der Waals surface area contributed by atoms with E-state index in [1.807, 2.05) is 31.2 Å². The van der Waals surface area contributed by atoms with Crippen LogP contribution in [0.2, 0.25) is 5.02 Å². The van der Waals surface area contributed by atoms with Gasteiger partial charge in [-0.3, -0.25) is 9.59 Å². The minimum atomic E-state index is -0.831. The van der Waals surface area contributed by atoms with Crippen molar-refractivity contribution in [2.45, 2.75) is 19.5 Å². The Kier molecular flexibility index (Phi) is 5.42. The van der Waals surface area contributed by atoms with Crippen LogP contribution in [-0.4, -0.2) is 33.8 Å². The van der Waals surface area contributed by atoms with E-state index in [4.69, 9.17) is 20.8 Å². The molecule has 0 spiro atoms. The van der Waals surface area contributed by atoms with Gasteiger partial charge in [-0.25, -0.2) is 0 Å². The normalized spacial score (nSPS) is 17.6. The van der Waals surface area contributed by atoms with Gasteiger partial charge in [-0.1, -0.05) is 29.8 Å². The number of likely N-dealkylation sites (tertiary alicyclic amines) is 1. The number of methoxy groups -OCH3 is 1. The number of hydrogen-bond donors (Lipinski definition) is 2. The van der Waals surface area contributed by atoms with Crippen LogP contribution >= 0.6 is 11.6 Å². The molecule has 0 bridgehead atoms. The zero-order valence-electron chi connectivity index (χ0n) is 18.5. The van der Waals surface area contributed by atoms with E-state index in [0.717, 1.165) is 22.2 Å². The highest BCUT2D eigenvalue weighted by atomic mass is 35.5. The average Bonchev–Trinajstić information content (AvgIpc) is 3.52. The molecule has 2 aromatic carbocycles. The lowest BCUT2D eigenvalue weighted by molar-refractivity contribution is -0.140. The number of furan rings is 1. The van der Waals surface area contributed by atoms with Crippen LogP contribution in [-0.2, 0) is 16.1 Å². The molecular weight excluding hydrogens is 456 g/mol. The number of H-pyrrole nitrogens is 1. The molecule has 8 heteroatoms. The summed E-state index contributed by atoms with van der Waals surface area (Å²) >= 11 is 6.14. The smallest absolute Gasteiger partial charge is 0.296 e. The molecule has 4 aromatic rings. The van der Waals surface area contributed by atoms with Crippen LogP contribution in [0.3, 0.4) is 0 Å². The highest BCUT2D eigenvalue weighted by Crippen LogP contribution is 2.44. The second-order valence-electron chi connectivity index (χ2n) is 8.06. The highest BCUT2D eigenvalue weighted by molar-refractivity contribution is 6.46. The Bertz CT molecular complexity index is 1450. The van der Waals surface area contributed by atoms with Gasteiger partial charge in [0.15, 0.2) is 0 Å². The quantitative estimate of drug-likeness (QED) is 0.230. The van der Waals surface area contributed by atoms with E-state index >= 15 is 0 Å². The number of aliphatic hydroxyl groups is 1. The van der Waals surface area contributed by atoms with Gasteiger partial charge < -0.3 is 24.1 Å². The van der Waals surface area contributed by atoms with Crippen molar-refractivity contribution in [3.8, 4) is 5.75 Å². The summed E-state index contributed by atoms with van der Waals surface area (Å²) in [6.45, 7) is 1.95. The molecule has 1 aliphatic heterocycles. The van der Waals surface area contributed by atoms with Gasteiger partial charge >= 0.3 is 0 Å². The van der Waals surface area contributed by atoms with E-state index in [9.17, 15) is 14.7 Å². The number of ether oxygens (including phenoxy) is 1. The first kappa shape index (κ1) is 21.9. The number of fused-ring (bicyclic) bond motifs is 1. The molecule has 172 valence electrons. The van der Waals surface area contributed by atoms with E-state index in [1.54, 1.807) is 24.3 Å². The summed E-state index contributed by atoms with van der Waals surface area (Å²) in [5.41, 5.74) is 2.71. The summed E-state index contributed by atoms with van der Waals surface area (Å²) in [6, 6.07) is 15.0. The molecule has 1 atom stereocenters. The summed E-state index contributed by atoms with van der Waals surface area (Å²) in [6.07, 6.45) is 1.51. The van der Waals surface area contributed by atoms with Crippen molar-refractivity contribution >= 4 is 40.0 Å². The number of rotatable bonds is 5. The lowest BCUT2D eigenvalue weighted by Gasteiger charge is -2.25. The zero-order valence-corrected chi connectivity index (χ0v) is 19.2. The molecule has 2 N–H and O–H groups in total. The summed E-state index contributed by atoms with van der Waals surface area (Å²) in [7, 11) is 1.46. The molecule has 34 heavy (non-hydrogen) atoms. The topological polar surface area (TPSA) is 95.8 Å². The van der Waals surface area contributed by atoms with Crippen LogP contribution in [0.4, 0.5) is 0 Å². The Balaban J connectivity index is 1.75. The van der Waals surface area contributed by atoms with Gasteiger partial charge in [0.05, 0.1) is 36.6 Å². The number of ketones is 1. The minimum Gasteiger partial charge on any atom is -0.507 e. The standard InChI is InChI=1S/C26H21ClN2O5/c1-14-21(17-7-3-4-8-19(17)28-14)23-22(24(30)15-9-10-18(27)20(12-15)33-2)25(31)26(32)29(23)13-16-6-5-11-34-16/h3-12,23,28,30H,13H2,1-2H3/b24-22+. The number of aliphatic hydroxyl groups excluding tert-OH is 1. The van der Waals surface area contributed by atoms with Crippen molar-refractivity contribution in [3.05, 3.63) is 94.0 Å². The van der Waals surface area contributed by atoms with Crippen molar-refractivity contribution in [3.63, 3.8) is 0 Å². The molecule has 1 aliphatic rings. The number of aryl methyl sites for hydroxylation is 1. The summed E-state index contributed by atoms with van der Waals surface area (Å²) in [5, 5.41) is 12.6. The average molecular weight is 477 g/mol. The maximum absolute atomic E-state index is 13.3. The molecule has 0 radical (unpaired) electrons. The molecular formula is C26H21ClN2O5. The van der Waals surface area contributed by atoms with E-state index in [2.05, 4.69) is 4.98 Å². The summed E-state index contributed by atoms with van der Waals surface area (Å²) in [4.78, 5) is 31.3. The lowest BCUT2D eigenvalue weighted by atomic mass is 9.93. The van der Waals surface area contributed by atoms with Crippen molar-refractivity contribution in [2.24, 2.45) is 0 Å². The number of aromatic nitrogens is 1. The number of hydrogen-bond acceptors (Lipinski definition) is 5. The second-order valence-corrected chi connectivity index (χ2v) is 8.47. The second kappa shape index (κ2) is 8.43. The van der Waals surface area contributed by atoms with E-state index in [-0.39, 0.29) is 17.9 Å². The number of carbonyl (C=O) groups excluding carboxylic acids is 2. The van der Waals surface area contributed by atoms with Gasteiger partial charge in [0, 0.05) is 27.7 Å². The fourth-order valence-electron chi connectivity index (χ4n) is 4.53. The first-order valence-corrected chi connectivity index (χ1v) is 11.0. The van der Waals surface area contributed by atoms with E-state index in [1.165, 1.54) is 24.3 Å². The lowest BCUT2D eigenvalue weighted by Crippen LogP contribution is -2.29. The largest absolute Gasteiger partial charge is 0.507 e. The van der Waals surface area contributed by atoms with Crippen molar-refractivity contribution in [1.29, 1.82) is 0 Å². The number of aromatic amines is 1. The number of benzene rings is 2. The Labute approximate surface area is 200 Å². The Morgan fingerprint density at radius 2 is 1.97 bits per heavy atom. The first-order valence-electron chi connectivity index (χ1n) is 10.6. The number of nitrogens with zero attached hydrogens (tertiary/aromatic N) is 1. The third kappa shape index (κ3) is 3.45. The van der Waals surface area contributed by atoms with Crippen molar-refractivity contribution in [2.75, 3.05) is 7.11 Å². The molecule has 3 heterocycles. The fourth-order valence-corrected chi connectivity index (χ4v) is 4.72. The Hall–Kier alpha value is -3.97. The number of Topliss-reactive ketones (excluding diaryl/α,β-unsaturated/α-hetero) is 1. The first-order chi connectivity index (χ1) is 16.4. The van der Waals surface area contributed by atoms with Gasteiger partial charge in [0.2, 0.25) is 0 Å². The maximum atomic E-state index is 13.3. The molecule has 1 saturated heterocycles. The monoisotopic (exact) mass is 476 g/mol. The number of para-hydroxylation sites is 1. The third-order valence-electron chi connectivity index (χ3n) is 6.09. The van der Waals surface area contributed by atoms with Gasteiger partial charge in [-0.15, -0.1) is 0 Å². The van der Waals surface area contributed by atoms with E-state index < -0.39 is 17.7 Å². The van der Waals surface area contributed by atoms with Crippen LogP contribution in [0, 0.1) is 6.92 Å². The minimum absolute atomic E-state index is 0.00575.